The van der Waals surface area contributed by atoms with Gasteiger partial charge in [0, 0.05) is 49.2 Å². The molecule has 3 heterocycles. The van der Waals surface area contributed by atoms with Gasteiger partial charge in [0.15, 0.2) is 0 Å². The van der Waals surface area contributed by atoms with E-state index < -0.39 is 0 Å². The minimum atomic E-state index is -0.168. The van der Waals surface area contributed by atoms with Crippen LogP contribution >= 0.6 is 23.2 Å². The van der Waals surface area contributed by atoms with Crippen LogP contribution in [0.2, 0.25) is 10.0 Å². The second-order valence-electron chi connectivity index (χ2n) is 6.79. The van der Waals surface area contributed by atoms with E-state index in [1.165, 1.54) is 0 Å². The highest BCUT2D eigenvalue weighted by molar-refractivity contribution is 6.30. The molecule has 7 nitrogen and oxygen atoms in total. The van der Waals surface area contributed by atoms with Gasteiger partial charge >= 0.3 is 6.03 Å². The molecule has 1 aromatic carbocycles. The zero-order chi connectivity index (χ0) is 20.4. The third-order valence-corrected chi connectivity index (χ3v) is 5.31. The lowest BCUT2D eigenvalue weighted by Gasteiger charge is -2.34. The quantitative estimate of drug-likeness (QED) is 0.691. The van der Waals surface area contributed by atoms with E-state index in [-0.39, 0.29) is 11.9 Å². The Morgan fingerprint density at radius 2 is 1.55 bits per heavy atom. The van der Waals surface area contributed by atoms with E-state index in [1.54, 1.807) is 46.3 Å². The summed E-state index contributed by atoms with van der Waals surface area (Å²) in [5, 5.41) is 4.10. The summed E-state index contributed by atoms with van der Waals surface area (Å²) in [6, 6.07) is 10.3. The van der Waals surface area contributed by atoms with Crippen molar-refractivity contribution in [2.24, 2.45) is 0 Å². The lowest BCUT2D eigenvalue weighted by Crippen LogP contribution is -2.53. The molecular weight excluding hydrogens is 413 g/mol. The monoisotopic (exact) mass is 431 g/mol. The first-order valence-corrected chi connectivity index (χ1v) is 9.96. The van der Waals surface area contributed by atoms with Crippen molar-refractivity contribution < 1.29 is 9.59 Å². The summed E-state index contributed by atoms with van der Waals surface area (Å²) in [7, 11) is 0. The molecule has 2 aromatic heterocycles. The highest BCUT2D eigenvalue weighted by Crippen LogP contribution is 2.14. The third kappa shape index (κ3) is 4.46. The van der Waals surface area contributed by atoms with Gasteiger partial charge in [0.2, 0.25) is 0 Å². The molecule has 0 atom stereocenters. The Morgan fingerprint density at radius 3 is 2.28 bits per heavy atom. The number of hydrogen-bond acceptors (Lipinski definition) is 3. The van der Waals surface area contributed by atoms with Crippen LogP contribution in [0, 0.1) is 0 Å². The first kappa shape index (κ1) is 19.5. The van der Waals surface area contributed by atoms with Crippen LogP contribution in [0.4, 0.5) is 4.79 Å². The summed E-state index contributed by atoms with van der Waals surface area (Å²) >= 11 is 11.9. The fourth-order valence-electron chi connectivity index (χ4n) is 3.27. The second kappa shape index (κ2) is 8.31. The molecule has 0 bridgehead atoms. The maximum Gasteiger partial charge on any atom is 0.317 e. The van der Waals surface area contributed by atoms with Gasteiger partial charge < -0.3 is 19.5 Å². The summed E-state index contributed by atoms with van der Waals surface area (Å²) in [6.07, 6.45) is 3.61. The van der Waals surface area contributed by atoms with Crippen LogP contribution in [0.1, 0.15) is 16.1 Å². The molecule has 3 aromatic rings. The Kier molecular flexibility index (Phi) is 5.60. The Morgan fingerprint density at radius 1 is 0.897 bits per heavy atom. The van der Waals surface area contributed by atoms with Crippen molar-refractivity contribution in [2.45, 2.75) is 6.54 Å². The fraction of sp³-hybridized carbons (Fsp3) is 0.250. The SMILES string of the molecule is O=C(NCc1cn2cc(Cl)ccc2n1)N1CCN(C(=O)c2ccc(Cl)cc2)CC1. The molecule has 29 heavy (non-hydrogen) atoms. The van der Waals surface area contributed by atoms with E-state index in [0.29, 0.717) is 48.3 Å². The van der Waals surface area contributed by atoms with Crippen LogP contribution < -0.4 is 5.32 Å². The maximum absolute atomic E-state index is 12.6. The normalized spacial score (nSPS) is 14.3. The number of urea groups is 1. The number of rotatable bonds is 3. The van der Waals surface area contributed by atoms with Crippen molar-refractivity contribution in [2.75, 3.05) is 26.2 Å². The van der Waals surface area contributed by atoms with Crippen LogP contribution in [0.5, 0.6) is 0 Å². The molecule has 0 radical (unpaired) electrons. The Bertz CT molecular complexity index is 1040. The average Bonchev–Trinajstić information content (AvgIpc) is 3.14. The Balaban J connectivity index is 1.29. The number of amides is 3. The topological polar surface area (TPSA) is 70.0 Å². The summed E-state index contributed by atoms with van der Waals surface area (Å²) in [4.78, 5) is 32.9. The average molecular weight is 432 g/mol. The van der Waals surface area contributed by atoms with Crippen LogP contribution in [-0.4, -0.2) is 57.3 Å². The maximum atomic E-state index is 12.6. The third-order valence-electron chi connectivity index (χ3n) is 4.83. The standard InChI is InChI=1S/C20H19Cl2N5O2/c21-15-3-1-14(2-4-15)19(28)25-7-9-26(10-8-25)20(29)23-11-17-13-27-12-16(22)5-6-18(27)24-17/h1-6,12-13H,7-11H2,(H,23,29). The number of fused-ring (bicyclic) bond motifs is 1. The van der Waals surface area contributed by atoms with E-state index in [0.717, 1.165) is 11.3 Å². The number of halogens is 2. The number of piperazine rings is 1. The van der Waals surface area contributed by atoms with Crippen LogP contribution in [0.15, 0.2) is 48.8 Å². The number of aromatic nitrogens is 2. The van der Waals surface area contributed by atoms with E-state index in [2.05, 4.69) is 10.3 Å². The smallest absolute Gasteiger partial charge is 0.317 e. The van der Waals surface area contributed by atoms with Crippen molar-refractivity contribution in [1.82, 2.24) is 24.5 Å². The zero-order valence-corrected chi connectivity index (χ0v) is 17.0. The Hall–Kier alpha value is -2.77. The molecule has 1 fully saturated rings. The molecule has 0 spiro atoms. The first-order valence-electron chi connectivity index (χ1n) is 9.20. The van der Waals surface area contributed by atoms with Gasteiger partial charge in [-0.2, -0.15) is 0 Å². The molecule has 0 aliphatic carbocycles. The Labute approximate surface area is 177 Å². The minimum absolute atomic E-state index is 0.0508. The molecular formula is C20H19Cl2N5O2. The van der Waals surface area contributed by atoms with Crippen molar-refractivity contribution in [3.63, 3.8) is 0 Å². The molecule has 0 unspecified atom stereocenters. The molecule has 1 saturated heterocycles. The largest absolute Gasteiger partial charge is 0.335 e. The van der Waals surface area contributed by atoms with Gasteiger partial charge in [-0.25, -0.2) is 9.78 Å². The van der Waals surface area contributed by atoms with Crippen LogP contribution in [0.3, 0.4) is 0 Å². The number of carbonyl (C=O) groups excluding carboxylic acids is 2. The highest BCUT2D eigenvalue weighted by atomic mass is 35.5. The van der Waals surface area contributed by atoms with Crippen molar-refractivity contribution >= 4 is 40.8 Å². The van der Waals surface area contributed by atoms with Crippen LogP contribution in [0.25, 0.3) is 5.65 Å². The van der Waals surface area contributed by atoms with Crippen molar-refractivity contribution in [3.8, 4) is 0 Å². The number of benzene rings is 1. The van der Waals surface area contributed by atoms with E-state index in [9.17, 15) is 9.59 Å². The van der Waals surface area contributed by atoms with Crippen molar-refractivity contribution in [1.29, 1.82) is 0 Å². The molecule has 4 rings (SSSR count). The van der Waals surface area contributed by atoms with Gasteiger partial charge in [-0.15, -0.1) is 0 Å². The number of pyridine rings is 1. The minimum Gasteiger partial charge on any atom is -0.335 e. The van der Waals surface area contributed by atoms with Crippen molar-refractivity contribution in [3.05, 3.63) is 70.1 Å². The van der Waals surface area contributed by atoms with Crippen LogP contribution in [-0.2, 0) is 6.54 Å². The number of nitrogens with one attached hydrogen (secondary N) is 1. The van der Waals surface area contributed by atoms with Gasteiger partial charge in [0.1, 0.15) is 5.65 Å². The summed E-state index contributed by atoms with van der Waals surface area (Å²) in [6.45, 7) is 2.25. The molecule has 9 heteroatoms. The molecule has 1 aliphatic rings. The van der Waals surface area contributed by atoms with Gasteiger partial charge in [-0.3, -0.25) is 4.79 Å². The molecule has 150 valence electrons. The molecule has 0 saturated carbocycles. The molecule has 1 N–H and O–H groups in total. The van der Waals surface area contributed by atoms with E-state index in [4.69, 9.17) is 23.2 Å². The molecule has 1 aliphatic heterocycles. The lowest BCUT2D eigenvalue weighted by molar-refractivity contribution is 0.0665. The summed E-state index contributed by atoms with van der Waals surface area (Å²) in [5.41, 5.74) is 2.12. The van der Waals surface area contributed by atoms with E-state index in [1.807, 2.05) is 16.7 Å². The summed E-state index contributed by atoms with van der Waals surface area (Å²) < 4.78 is 1.82. The van der Waals surface area contributed by atoms with Gasteiger partial charge in [-0.1, -0.05) is 23.2 Å². The molecule has 3 amide bonds. The number of nitrogens with zero attached hydrogens (tertiary/aromatic N) is 4. The lowest BCUT2D eigenvalue weighted by atomic mass is 10.2. The number of imidazole rings is 1. The van der Waals surface area contributed by atoms with Gasteiger partial charge in [-0.05, 0) is 36.4 Å². The van der Waals surface area contributed by atoms with Gasteiger partial charge in [0.05, 0.1) is 17.3 Å². The number of carbonyl (C=O) groups is 2. The first-order chi connectivity index (χ1) is 14.0. The zero-order valence-electron chi connectivity index (χ0n) is 15.5. The van der Waals surface area contributed by atoms with E-state index >= 15 is 0 Å². The van der Waals surface area contributed by atoms with Gasteiger partial charge in [0.25, 0.3) is 5.91 Å². The summed E-state index contributed by atoms with van der Waals surface area (Å²) in [5.74, 6) is -0.0508. The highest BCUT2D eigenvalue weighted by Gasteiger charge is 2.24. The predicted octanol–water partition coefficient (Wildman–Crippen LogP) is 3.31. The fourth-order valence-corrected chi connectivity index (χ4v) is 3.56. The predicted molar refractivity (Wildman–Crippen MR) is 111 cm³/mol. The number of hydrogen-bond donors (Lipinski definition) is 1. The second-order valence-corrected chi connectivity index (χ2v) is 7.66.